The quantitative estimate of drug-likeness (QED) is 0.799. The van der Waals surface area contributed by atoms with E-state index >= 15 is 0 Å². The van der Waals surface area contributed by atoms with Gasteiger partial charge in [0.2, 0.25) is 0 Å². The number of nitrogens with two attached hydrogens (primary N) is 1. The molecule has 112 valence electrons. The predicted octanol–water partition coefficient (Wildman–Crippen LogP) is 5.19. The monoisotopic (exact) mass is 323 g/mol. The van der Waals surface area contributed by atoms with Crippen molar-refractivity contribution in [3.63, 3.8) is 0 Å². The van der Waals surface area contributed by atoms with E-state index in [4.69, 9.17) is 28.9 Å². The number of nitrogens with one attached hydrogen (secondary N) is 1. The second kappa shape index (κ2) is 5.54. The fraction of sp³-hybridized carbons (Fsp3) is 0.438. The fourth-order valence-corrected chi connectivity index (χ4v) is 3.95. The third kappa shape index (κ3) is 2.53. The molecule has 1 aromatic carbocycles. The summed E-state index contributed by atoms with van der Waals surface area (Å²) in [5.74, 6) is 0.465. The fourth-order valence-electron chi connectivity index (χ4n) is 3.36. The van der Waals surface area contributed by atoms with E-state index in [1.54, 1.807) is 0 Å². The highest BCUT2D eigenvalue weighted by Gasteiger charge is 2.34. The third-order valence-electron chi connectivity index (χ3n) is 4.57. The summed E-state index contributed by atoms with van der Waals surface area (Å²) < 4.78 is 0. The lowest BCUT2D eigenvalue weighted by Gasteiger charge is -2.33. The Balaban J connectivity index is 2.18. The van der Waals surface area contributed by atoms with E-state index in [2.05, 4.69) is 17.1 Å². The molecule has 3 N–H and O–H groups in total. The molecule has 0 saturated heterocycles. The highest BCUT2D eigenvalue weighted by Crippen LogP contribution is 2.46. The number of aromatic nitrogens is 2. The van der Waals surface area contributed by atoms with Crippen LogP contribution in [0.3, 0.4) is 0 Å². The molecule has 1 saturated carbocycles. The first-order chi connectivity index (χ1) is 10.0. The molecule has 21 heavy (non-hydrogen) atoms. The summed E-state index contributed by atoms with van der Waals surface area (Å²) in [4.78, 5) is 0. The van der Waals surface area contributed by atoms with Gasteiger partial charge in [0.1, 0.15) is 0 Å². The van der Waals surface area contributed by atoms with Crippen LogP contribution in [0, 0.1) is 0 Å². The number of benzene rings is 1. The maximum atomic E-state index is 6.37. The number of hydrogen-bond acceptors (Lipinski definition) is 2. The molecule has 2 aromatic rings. The molecule has 0 amide bonds. The van der Waals surface area contributed by atoms with Gasteiger partial charge in [-0.2, -0.15) is 5.10 Å². The standard InChI is InChI=1S/C16H19Cl2N3/c1-16(8-3-2-4-9-16)14-13(15(19)21-20-14)12-10(17)6-5-7-11(12)18/h5-7H,2-4,8-9H2,1H3,(H3,19,20,21). The molecule has 1 aromatic heterocycles. The van der Waals surface area contributed by atoms with Crippen molar-refractivity contribution in [2.24, 2.45) is 0 Å². The van der Waals surface area contributed by atoms with Gasteiger partial charge in [-0.3, -0.25) is 5.10 Å². The highest BCUT2D eigenvalue weighted by molar-refractivity contribution is 6.39. The van der Waals surface area contributed by atoms with Crippen molar-refractivity contribution >= 4 is 29.0 Å². The molecular formula is C16H19Cl2N3. The summed E-state index contributed by atoms with van der Waals surface area (Å²) in [6.45, 7) is 2.27. The van der Waals surface area contributed by atoms with E-state index in [0.29, 0.717) is 15.9 Å². The first-order valence-electron chi connectivity index (χ1n) is 7.31. The van der Waals surface area contributed by atoms with Gasteiger partial charge in [0.05, 0.1) is 21.3 Å². The van der Waals surface area contributed by atoms with Crippen LogP contribution in [0.5, 0.6) is 0 Å². The maximum Gasteiger partial charge on any atom is 0.153 e. The van der Waals surface area contributed by atoms with Crippen LogP contribution in [0.4, 0.5) is 5.82 Å². The minimum absolute atomic E-state index is 0.0563. The van der Waals surface area contributed by atoms with E-state index in [-0.39, 0.29) is 5.41 Å². The average Bonchev–Trinajstić information content (AvgIpc) is 2.82. The van der Waals surface area contributed by atoms with Gasteiger partial charge in [0.15, 0.2) is 5.82 Å². The first-order valence-corrected chi connectivity index (χ1v) is 8.07. The lowest BCUT2D eigenvalue weighted by Crippen LogP contribution is -2.26. The Bertz CT molecular complexity index is 637. The Labute approximate surface area is 134 Å². The van der Waals surface area contributed by atoms with Crippen molar-refractivity contribution in [3.8, 4) is 11.1 Å². The number of nitrogen functional groups attached to an aromatic ring is 1. The van der Waals surface area contributed by atoms with E-state index in [1.165, 1.54) is 19.3 Å². The third-order valence-corrected chi connectivity index (χ3v) is 5.20. The van der Waals surface area contributed by atoms with Crippen LogP contribution < -0.4 is 5.73 Å². The van der Waals surface area contributed by atoms with Gasteiger partial charge >= 0.3 is 0 Å². The summed E-state index contributed by atoms with van der Waals surface area (Å²) in [5, 5.41) is 8.59. The van der Waals surface area contributed by atoms with Crippen LogP contribution in [0.1, 0.15) is 44.7 Å². The maximum absolute atomic E-state index is 6.37. The number of hydrogen-bond donors (Lipinski definition) is 2. The summed E-state index contributed by atoms with van der Waals surface area (Å²) in [6.07, 6.45) is 6.00. The highest BCUT2D eigenvalue weighted by atomic mass is 35.5. The minimum atomic E-state index is 0.0563. The van der Waals surface area contributed by atoms with Gasteiger partial charge in [-0.15, -0.1) is 0 Å². The van der Waals surface area contributed by atoms with Gasteiger partial charge < -0.3 is 5.73 Å². The van der Waals surface area contributed by atoms with Crippen LogP contribution in [0.25, 0.3) is 11.1 Å². The molecule has 1 aliphatic rings. The molecule has 3 rings (SSSR count). The minimum Gasteiger partial charge on any atom is -0.382 e. The summed E-state index contributed by atoms with van der Waals surface area (Å²) in [7, 11) is 0. The van der Waals surface area contributed by atoms with Gasteiger partial charge in [-0.25, -0.2) is 0 Å². The van der Waals surface area contributed by atoms with Crippen molar-refractivity contribution < 1.29 is 0 Å². The molecule has 0 spiro atoms. The van der Waals surface area contributed by atoms with Gasteiger partial charge in [0, 0.05) is 11.0 Å². The molecule has 1 fully saturated rings. The van der Waals surface area contributed by atoms with Gasteiger partial charge in [-0.05, 0) is 25.0 Å². The van der Waals surface area contributed by atoms with Gasteiger partial charge in [0.25, 0.3) is 0 Å². The van der Waals surface area contributed by atoms with Crippen LogP contribution in [-0.2, 0) is 5.41 Å². The van der Waals surface area contributed by atoms with Crippen LogP contribution in [0.2, 0.25) is 10.0 Å². The zero-order valence-corrected chi connectivity index (χ0v) is 13.6. The molecule has 3 nitrogen and oxygen atoms in total. The van der Waals surface area contributed by atoms with E-state index in [9.17, 15) is 0 Å². The molecular weight excluding hydrogens is 305 g/mol. The van der Waals surface area contributed by atoms with Crippen molar-refractivity contribution in [2.75, 3.05) is 5.73 Å². The predicted molar refractivity (Wildman–Crippen MR) is 88.9 cm³/mol. The van der Waals surface area contributed by atoms with Gasteiger partial charge in [-0.1, -0.05) is 55.5 Å². The van der Waals surface area contributed by atoms with Crippen LogP contribution >= 0.6 is 23.2 Å². The molecule has 0 radical (unpaired) electrons. The summed E-state index contributed by atoms with van der Waals surface area (Å²) >= 11 is 12.7. The molecule has 1 heterocycles. The molecule has 0 atom stereocenters. The van der Waals surface area contributed by atoms with E-state index < -0.39 is 0 Å². The lowest BCUT2D eigenvalue weighted by atomic mass is 9.72. The normalized spacial score (nSPS) is 17.9. The molecule has 0 unspecified atom stereocenters. The van der Waals surface area contributed by atoms with E-state index in [1.807, 2.05) is 18.2 Å². The number of H-pyrrole nitrogens is 1. The molecule has 1 aliphatic carbocycles. The zero-order valence-electron chi connectivity index (χ0n) is 12.0. The van der Waals surface area contributed by atoms with Crippen molar-refractivity contribution in [1.82, 2.24) is 10.2 Å². The van der Waals surface area contributed by atoms with Crippen molar-refractivity contribution in [2.45, 2.75) is 44.4 Å². The second-order valence-corrected chi connectivity index (χ2v) is 6.89. The Kier molecular flexibility index (Phi) is 3.89. The number of nitrogens with zero attached hydrogens (tertiary/aromatic N) is 1. The largest absolute Gasteiger partial charge is 0.382 e. The Hall–Kier alpha value is -1.19. The topological polar surface area (TPSA) is 54.7 Å². The average molecular weight is 324 g/mol. The number of aromatic amines is 1. The smallest absolute Gasteiger partial charge is 0.153 e. The molecule has 5 heteroatoms. The number of rotatable bonds is 2. The van der Waals surface area contributed by atoms with Crippen LogP contribution in [0.15, 0.2) is 18.2 Å². The zero-order chi connectivity index (χ0) is 15.0. The Morgan fingerprint density at radius 3 is 2.33 bits per heavy atom. The van der Waals surface area contributed by atoms with Crippen molar-refractivity contribution in [3.05, 3.63) is 33.9 Å². The Morgan fingerprint density at radius 1 is 1.10 bits per heavy atom. The molecule has 0 aliphatic heterocycles. The second-order valence-electron chi connectivity index (χ2n) is 6.08. The SMILES string of the molecule is CC1(c2[nH]nc(N)c2-c2c(Cl)cccc2Cl)CCCCC1. The first kappa shape index (κ1) is 14.7. The lowest BCUT2D eigenvalue weighted by molar-refractivity contribution is 0.312. The Morgan fingerprint density at radius 2 is 1.71 bits per heavy atom. The molecule has 0 bridgehead atoms. The summed E-state index contributed by atoms with van der Waals surface area (Å²) in [6, 6.07) is 5.51. The van der Waals surface area contributed by atoms with Crippen LogP contribution in [-0.4, -0.2) is 10.2 Å². The number of anilines is 1. The van der Waals surface area contributed by atoms with E-state index in [0.717, 1.165) is 29.7 Å². The summed E-state index contributed by atoms with van der Waals surface area (Å²) in [5.41, 5.74) is 8.89. The number of halogens is 2. The van der Waals surface area contributed by atoms with Crippen molar-refractivity contribution in [1.29, 1.82) is 0 Å².